The smallest absolute Gasteiger partial charge is 0.356 e. The summed E-state index contributed by atoms with van der Waals surface area (Å²) in [5.74, 6) is 5.13. The topological polar surface area (TPSA) is 261 Å². The number of fused-ring (bicyclic) bond motifs is 10. The summed E-state index contributed by atoms with van der Waals surface area (Å²) < 4.78 is 43.3. The maximum atomic E-state index is 13.5. The Labute approximate surface area is 526 Å². The van der Waals surface area contributed by atoms with Gasteiger partial charge in [-0.3, -0.25) is 18.6 Å². The Balaban J connectivity index is 0.721. The number of nitrogens with two attached hydrogens (primary N) is 2. The van der Waals surface area contributed by atoms with Crippen molar-refractivity contribution in [2.75, 3.05) is 91.8 Å². The number of rotatable bonds is 38. The SMILES string of the molecule is CC(COP(=O)(O)OP(=O)(O)OCC(C)C1CCC2C3CC=C4CC(CC(=O)NCCCNCCCCNCCCN)CCC4(C)C3CCC12C)C1CCC2C3CC=C4CC(CC(=O)NCCCNCCCCNCCCN)CCC4(C)C3CCC12C. The predicted octanol–water partition coefficient (Wildman–Crippen LogP) is 11.3. The van der Waals surface area contributed by atoms with Gasteiger partial charge in [-0.25, -0.2) is 9.13 Å². The molecule has 0 bridgehead atoms. The molecule has 8 rings (SSSR count). The van der Waals surface area contributed by atoms with Crippen LogP contribution in [0.4, 0.5) is 0 Å². The van der Waals surface area contributed by atoms with Crippen LogP contribution in [0.1, 0.15) is 208 Å². The van der Waals surface area contributed by atoms with Gasteiger partial charge in [-0.05, 0) is 312 Å². The number of allylic oxidation sites excluding steroid dienone is 4. The first-order valence-electron chi connectivity index (χ1n) is 35.5. The van der Waals surface area contributed by atoms with Gasteiger partial charge in [0.1, 0.15) is 0 Å². The van der Waals surface area contributed by atoms with Crippen molar-refractivity contribution in [2.24, 2.45) is 104 Å². The molecular formula is C68H124N8O9P2. The number of nitrogens with one attached hydrogen (secondary N) is 6. The van der Waals surface area contributed by atoms with Crippen molar-refractivity contribution < 1.29 is 41.9 Å². The van der Waals surface area contributed by atoms with E-state index >= 15 is 0 Å². The molecule has 6 fully saturated rings. The molecule has 6 saturated carbocycles. The number of hydrogen-bond acceptors (Lipinski definition) is 13. The minimum atomic E-state index is -4.94. The Kier molecular flexibility index (Phi) is 27.1. The van der Waals surface area contributed by atoms with Crippen LogP contribution in [0.15, 0.2) is 23.3 Å². The van der Waals surface area contributed by atoms with Crippen LogP contribution in [0, 0.1) is 92.7 Å². The molecule has 18 atom stereocenters. The molecule has 2 amide bonds. The van der Waals surface area contributed by atoms with Crippen LogP contribution in [0.5, 0.6) is 0 Å². The van der Waals surface area contributed by atoms with Crippen molar-refractivity contribution in [3.05, 3.63) is 23.3 Å². The second-order valence-electron chi connectivity index (χ2n) is 30.3. The molecule has 0 aromatic rings. The Morgan fingerprint density at radius 1 is 0.517 bits per heavy atom. The average Bonchev–Trinajstić information content (AvgIpc) is 1.74. The largest absolute Gasteiger partial charge is 0.481 e. The number of hydrogen-bond donors (Lipinski definition) is 10. The van der Waals surface area contributed by atoms with Gasteiger partial charge in [0.15, 0.2) is 0 Å². The van der Waals surface area contributed by atoms with Crippen LogP contribution < -0.4 is 43.4 Å². The van der Waals surface area contributed by atoms with Gasteiger partial charge in [0.05, 0.1) is 13.2 Å². The zero-order valence-electron chi connectivity index (χ0n) is 55.2. The lowest BCUT2D eigenvalue weighted by Gasteiger charge is -2.58. The molecule has 0 spiro atoms. The highest BCUT2D eigenvalue weighted by molar-refractivity contribution is 7.61. The molecule has 0 aromatic carbocycles. The van der Waals surface area contributed by atoms with E-state index in [1.165, 1.54) is 0 Å². The second-order valence-corrected chi connectivity index (χ2v) is 33.3. The first-order valence-corrected chi connectivity index (χ1v) is 38.5. The fraction of sp³-hybridized carbons (Fsp3) is 0.912. The minimum absolute atomic E-state index is 0.0420. The Hall–Kier alpha value is -1.56. The van der Waals surface area contributed by atoms with E-state index in [1.54, 1.807) is 11.1 Å². The average molecular weight is 1260 g/mol. The van der Waals surface area contributed by atoms with Crippen molar-refractivity contribution in [3.63, 3.8) is 0 Å². The van der Waals surface area contributed by atoms with Crippen LogP contribution in [-0.4, -0.2) is 113 Å². The summed E-state index contributed by atoms with van der Waals surface area (Å²) in [7, 11) is -9.88. The van der Waals surface area contributed by atoms with Gasteiger partial charge < -0.3 is 53.2 Å². The molecule has 8 aliphatic carbocycles. The molecule has 17 nitrogen and oxygen atoms in total. The highest BCUT2D eigenvalue weighted by atomic mass is 31.3. The number of carbonyl (C=O) groups is 2. The fourth-order valence-electron chi connectivity index (χ4n) is 20.1. The standard InChI is InChI=1S/C68H124N8O9P2/c1-49(57-19-21-59-55-17-15-53-43-51(23-27-65(53,3)61(55)25-29-67(57,59)5)45-63(77)75-41-13-39-73-35-9-7-33-71-37-11-31-69)47-83-86(79,80)85-87(81,82)84-48-50(2)58-20-22-60-56-18-16-54-44-52(24-28-66(54,4)62(56)26-30-68(58,60)6)46-64(78)76-42-14-40-74-36-10-8-34-72-38-12-32-70/h15-16,49-52,55-62,71-74H,7-14,17-48,69-70H2,1-6H3,(H,75,77)(H,76,78)(H,79,80)(H,81,82). The van der Waals surface area contributed by atoms with Crippen molar-refractivity contribution in [3.8, 4) is 0 Å². The van der Waals surface area contributed by atoms with Gasteiger partial charge in [-0.2, -0.15) is 4.31 Å². The van der Waals surface area contributed by atoms with Crippen LogP contribution in [0.3, 0.4) is 0 Å². The normalized spacial score (nSPS) is 35.6. The summed E-state index contributed by atoms with van der Waals surface area (Å²) in [5.41, 5.74) is 14.7. The Morgan fingerprint density at radius 2 is 0.885 bits per heavy atom. The summed E-state index contributed by atoms with van der Waals surface area (Å²) in [5, 5.41) is 20.3. The van der Waals surface area contributed by atoms with Gasteiger partial charge in [0.25, 0.3) is 0 Å². The van der Waals surface area contributed by atoms with Crippen LogP contribution in [0.25, 0.3) is 0 Å². The van der Waals surface area contributed by atoms with Gasteiger partial charge in [0, 0.05) is 25.9 Å². The van der Waals surface area contributed by atoms with E-state index in [-0.39, 0.29) is 70.4 Å². The summed E-state index contributed by atoms with van der Waals surface area (Å²) in [6.07, 6.45) is 32.3. The molecule has 0 heterocycles. The third-order valence-corrected chi connectivity index (χ3v) is 27.4. The molecule has 12 N–H and O–H groups in total. The van der Waals surface area contributed by atoms with Crippen LogP contribution in [0.2, 0.25) is 0 Å². The van der Waals surface area contributed by atoms with E-state index < -0.39 is 15.6 Å². The summed E-state index contributed by atoms with van der Waals surface area (Å²) >= 11 is 0. The highest BCUT2D eigenvalue weighted by Gasteiger charge is 2.61. The first-order chi connectivity index (χ1) is 41.7. The zero-order valence-corrected chi connectivity index (χ0v) is 57.0. The number of phosphoric acid groups is 2. The van der Waals surface area contributed by atoms with Crippen molar-refractivity contribution in [1.82, 2.24) is 31.9 Å². The molecule has 18 unspecified atom stereocenters. The van der Waals surface area contributed by atoms with Crippen molar-refractivity contribution >= 4 is 27.5 Å². The summed E-state index contributed by atoms with van der Waals surface area (Å²) in [6.45, 7) is 24.8. The number of phosphoric ester groups is 2. The number of unbranched alkanes of at least 4 members (excludes halogenated alkanes) is 2. The summed E-state index contributed by atoms with van der Waals surface area (Å²) in [6, 6.07) is 0. The quantitative estimate of drug-likeness (QED) is 0.0157. The predicted molar refractivity (Wildman–Crippen MR) is 350 cm³/mol. The highest BCUT2D eigenvalue weighted by Crippen LogP contribution is 2.70. The lowest BCUT2D eigenvalue weighted by Crippen LogP contribution is -2.50. The Morgan fingerprint density at radius 3 is 1.26 bits per heavy atom. The maximum absolute atomic E-state index is 13.5. The van der Waals surface area contributed by atoms with Gasteiger partial charge in [0.2, 0.25) is 11.8 Å². The molecule has 8 aliphatic rings. The Bertz CT molecular complexity index is 2190. The lowest BCUT2D eigenvalue weighted by molar-refractivity contribution is -0.123. The molecule has 500 valence electrons. The molecule has 0 radical (unpaired) electrons. The molecular weight excluding hydrogens is 1130 g/mol. The van der Waals surface area contributed by atoms with E-state index in [0.29, 0.717) is 73.3 Å². The summed E-state index contributed by atoms with van der Waals surface area (Å²) in [4.78, 5) is 48.1. The van der Waals surface area contributed by atoms with Crippen LogP contribution >= 0.6 is 15.6 Å². The molecule has 0 aliphatic heterocycles. The molecule has 0 aromatic heterocycles. The molecule has 87 heavy (non-hydrogen) atoms. The zero-order chi connectivity index (χ0) is 62.3. The number of carbonyl (C=O) groups excluding carboxylic acids is 2. The van der Waals surface area contributed by atoms with E-state index in [9.17, 15) is 28.5 Å². The third kappa shape index (κ3) is 18.4. The third-order valence-electron chi connectivity index (χ3n) is 24.8. The first kappa shape index (κ1) is 71.3. The minimum Gasteiger partial charge on any atom is -0.356 e. The van der Waals surface area contributed by atoms with Crippen molar-refractivity contribution in [2.45, 2.75) is 208 Å². The van der Waals surface area contributed by atoms with Gasteiger partial charge in [-0.1, -0.05) is 64.8 Å². The van der Waals surface area contributed by atoms with Crippen LogP contribution in [-0.2, 0) is 32.1 Å². The number of amides is 2. The van der Waals surface area contributed by atoms with E-state index in [1.807, 2.05) is 0 Å². The maximum Gasteiger partial charge on any atom is 0.481 e. The molecule has 0 saturated heterocycles. The van der Waals surface area contributed by atoms with E-state index in [4.69, 9.17) is 24.8 Å². The second kappa shape index (κ2) is 33.0. The van der Waals surface area contributed by atoms with E-state index in [0.717, 1.165) is 220 Å². The van der Waals surface area contributed by atoms with Crippen molar-refractivity contribution in [1.29, 1.82) is 0 Å². The molecule has 19 heteroatoms. The van der Waals surface area contributed by atoms with Gasteiger partial charge in [-0.15, -0.1) is 0 Å². The fourth-order valence-corrected chi connectivity index (χ4v) is 22.4. The van der Waals surface area contributed by atoms with Gasteiger partial charge >= 0.3 is 15.6 Å². The van der Waals surface area contributed by atoms with E-state index in [2.05, 4.69) is 85.6 Å². The lowest BCUT2D eigenvalue weighted by atomic mass is 9.46. The monoisotopic (exact) mass is 1260 g/mol.